The van der Waals surface area contributed by atoms with Gasteiger partial charge in [-0.3, -0.25) is 13.9 Å². The first-order chi connectivity index (χ1) is 20.1. The molecule has 1 N–H and O–H groups in total. The topological polar surface area (TPSA) is 105 Å². The minimum atomic E-state index is -4.16. The Morgan fingerprint density at radius 2 is 1.48 bits per heavy atom. The Morgan fingerprint density at radius 1 is 0.857 bits per heavy atom. The molecule has 0 bridgehead atoms. The summed E-state index contributed by atoms with van der Waals surface area (Å²) in [4.78, 5) is 29.0. The minimum Gasteiger partial charge on any atom is -0.497 e. The molecule has 0 aliphatic heterocycles. The maximum Gasteiger partial charge on any atom is 0.264 e. The van der Waals surface area contributed by atoms with Crippen LogP contribution in [-0.4, -0.2) is 57.5 Å². The largest absolute Gasteiger partial charge is 0.497 e. The van der Waals surface area contributed by atoms with Crippen molar-refractivity contribution >= 4 is 27.5 Å². The van der Waals surface area contributed by atoms with Crippen molar-refractivity contribution in [2.75, 3.05) is 24.6 Å². The van der Waals surface area contributed by atoms with Crippen molar-refractivity contribution in [3.63, 3.8) is 0 Å². The van der Waals surface area contributed by atoms with Gasteiger partial charge in [-0.05, 0) is 80.8 Å². The number of ether oxygens (including phenoxy) is 2. The van der Waals surface area contributed by atoms with E-state index in [-0.39, 0.29) is 23.4 Å². The van der Waals surface area contributed by atoms with Crippen LogP contribution >= 0.6 is 0 Å². The van der Waals surface area contributed by atoms with Crippen molar-refractivity contribution in [2.45, 2.75) is 64.1 Å². The van der Waals surface area contributed by atoms with Crippen LogP contribution in [0, 0.1) is 0 Å². The number of hydrogen-bond donors (Lipinski definition) is 1. The second-order valence-electron chi connectivity index (χ2n) is 9.86. The Bertz CT molecular complexity index is 1400. The average molecular weight is 596 g/mol. The van der Waals surface area contributed by atoms with Gasteiger partial charge < -0.3 is 19.7 Å². The lowest BCUT2D eigenvalue weighted by Gasteiger charge is -2.33. The summed E-state index contributed by atoms with van der Waals surface area (Å²) in [6.07, 6.45) is 1.08. The highest BCUT2D eigenvalue weighted by molar-refractivity contribution is 7.92. The maximum absolute atomic E-state index is 14.1. The van der Waals surface area contributed by atoms with Crippen molar-refractivity contribution < 1.29 is 27.5 Å². The number of nitrogens with zero attached hydrogens (tertiary/aromatic N) is 2. The van der Waals surface area contributed by atoms with Gasteiger partial charge in [0.2, 0.25) is 11.8 Å². The summed E-state index contributed by atoms with van der Waals surface area (Å²) in [6, 6.07) is 20.9. The summed E-state index contributed by atoms with van der Waals surface area (Å²) in [7, 11) is -2.59. The molecule has 0 aliphatic rings. The number of sulfonamides is 1. The summed E-state index contributed by atoms with van der Waals surface area (Å²) in [5.74, 6) is 0.419. The highest BCUT2D eigenvalue weighted by atomic mass is 32.2. The SMILES string of the molecule is CCOc1ccc(S(=O)(=O)N(CC(=O)N(Cc2ccc(OC)cc2)C(CC)C(=O)NC(C)CC)c2ccccc2)cc1. The fourth-order valence-corrected chi connectivity index (χ4v) is 5.83. The van der Waals surface area contributed by atoms with Crippen molar-refractivity contribution in [3.8, 4) is 11.5 Å². The molecule has 3 aromatic carbocycles. The lowest BCUT2D eigenvalue weighted by molar-refractivity contribution is -0.140. The van der Waals surface area contributed by atoms with Crippen LogP contribution in [0.5, 0.6) is 11.5 Å². The summed E-state index contributed by atoms with van der Waals surface area (Å²) < 4.78 is 39.8. The number of rotatable bonds is 15. The maximum atomic E-state index is 14.1. The molecule has 0 aromatic heterocycles. The Kier molecular flexibility index (Phi) is 11.8. The average Bonchev–Trinajstić information content (AvgIpc) is 3.00. The van der Waals surface area contributed by atoms with Crippen LogP contribution in [-0.2, 0) is 26.2 Å². The van der Waals surface area contributed by atoms with E-state index in [2.05, 4.69) is 5.32 Å². The number of anilines is 1. The second-order valence-corrected chi connectivity index (χ2v) is 11.7. The normalized spacial score (nSPS) is 12.6. The zero-order chi connectivity index (χ0) is 30.7. The Hall–Kier alpha value is -4.05. The number of carbonyl (C=O) groups is 2. The summed E-state index contributed by atoms with van der Waals surface area (Å²) in [6.45, 7) is 7.61. The van der Waals surface area contributed by atoms with E-state index in [0.29, 0.717) is 30.2 Å². The number of carbonyl (C=O) groups excluding carboxylic acids is 2. The highest BCUT2D eigenvalue weighted by Gasteiger charge is 2.34. The van der Waals surface area contributed by atoms with Gasteiger partial charge in [-0.1, -0.05) is 44.2 Å². The van der Waals surface area contributed by atoms with Gasteiger partial charge in [-0.25, -0.2) is 8.42 Å². The molecule has 2 amide bonds. The molecule has 0 spiro atoms. The predicted molar refractivity (Wildman–Crippen MR) is 164 cm³/mol. The van der Waals surface area contributed by atoms with Crippen molar-refractivity contribution in [1.29, 1.82) is 0 Å². The zero-order valence-electron chi connectivity index (χ0n) is 24.9. The molecule has 9 nitrogen and oxygen atoms in total. The molecule has 2 unspecified atom stereocenters. The molecule has 2 atom stereocenters. The van der Waals surface area contributed by atoms with E-state index in [1.807, 2.05) is 39.8 Å². The third-order valence-electron chi connectivity index (χ3n) is 6.94. The van der Waals surface area contributed by atoms with Crippen LogP contribution in [0.15, 0.2) is 83.8 Å². The quantitative estimate of drug-likeness (QED) is 0.265. The first-order valence-electron chi connectivity index (χ1n) is 14.2. The molecule has 0 aliphatic carbocycles. The van der Waals surface area contributed by atoms with Crippen LogP contribution in [0.2, 0.25) is 0 Å². The van der Waals surface area contributed by atoms with Gasteiger partial charge in [-0.15, -0.1) is 0 Å². The molecule has 10 heteroatoms. The molecule has 42 heavy (non-hydrogen) atoms. The van der Waals surface area contributed by atoms with Crippen LogP contribution < -0.4 is 19.1 Å². The van der Waals surface area contributed by atoms with E-state index in [4.69, 9.17) is 9.47 Å². The van der Waals surface area contributed by atoms with Gasteiger partial charge in [0, 0.05) is 12.6 Å². The molecule has 0 saturated heterocycles. The molecule has 226 valence electrons. The van der Waals surface area contributed by atoms with Crippen molar-refractivity contribution in [1.82, 2.24) is 10.2 Å². The molecule has 3 rings (SSSR count). The van der Waals surface area contributed by atoms with Gasteiger partial charge in [0.25, 0.3) is 10.0 Å². The summed E-state index contributed by atoms with van der Waals surface area (Å²) >= 11 is 0. The number of amides is 2. The van der Waals surface area contributed by atoms with Gasteiger partial charge in [-0.2, -0.15) is 0 Å². The van der Waals surface area contributed by atoms with Crippen molar-refractivity contribution in [3.05, 3.63) is 84.4 Å². The monoisotopic (exact) mass is 595 g/mol. The molecular formula is C32H41N3O6S. The van der Waals surface area contributed by atoms with Gasteiger partial charge >= 0.3 is 0 Å². The van der Waals surface area contributed by atoms with E-state index < -0.39 is 28.5 Å². The first-order valence-corrected chi connectivity index (χ1v) is 15.6. The number of nitrogens with one attached hydrogen (secondary N) is 1. The molecule has 0 heterocycles. The molecule has 0 saturated carbocycles. The fraction of sp³-hybridized carbons (Fsp3) is 0.375. The summed E-state index contributed by atoms with van der Waals surface area (Å²) in [5, 5.41) is 2.98. The van der Waals surface area contributed by atoms with E-state index >= 15 is 0 Å². The molecule has 0 fully saturated rings. The van der Waals surface area contributed by atoms with Gasteiger partial charge in [0.15, 0.2) is 0 Å². The van der Waals surface area contributed by atoms with Crippen LogP contribution in [0.25, 0.3) is 0 Å². The Labute approximate surface area is 249 Å². The lowest BCUT2D eigenvalue weighted by Crippen LogP contribution is -2.53. The Balaban J connectivity index is 2.02. The first kappa shape index (κ1) is 32.5. The standard InChI is InChI=1S/C32H41N3O6S/c1-6-24(4)33-32(37)30(7-2)34(22-25-14-16-27(40-5)17-15-25)31(36)23-35(26-12-10-9-11-13-26)42(38,39)29-20-18-28(19-21-29)41-8-3/h9-21,24,30H,6-8,22-23H2,1-5H3,(H,33,37). The van der Waals surface area contributed by atoms with Gasteiger partial charge in [0.05, 0.1) is 24.3 Å². The van der Waals surface area contributed by atoms with E-state index in [9.17, 15) is 18.0 Å². The highest BCUT2D eigenvalue weighted by Crippen LogP contribution is 2.26. The van der Waals surface area contributed by atoms with Crippen LogP contribution in [0.3, 0.4) is 0 Å². The van der Waals surface area contributed by atoms with E-state index in [0.717, 1.165) is 16.3 Å². The second kappa shape index (κ2) is 15.3. The van der Waals surface area contributed by atoms with E-state index in [1.54, 1.807) is 61.7 Å². The predicted octanol–water partition coefficient (Wildman–Crippen LogP) is 5.01. The third kappa shape index (κ3) is 8.25. The number of benzene rings is 3. The molecule has 0 radical (unpaired) electrons. The summed E-state index contributed by atoms with van der Waals surface area (Å²) in [5.41, 5.74) is 1.11. The van der Waals surface area contributed by atoms with Gasteiger partial charge in [0.1, 0.15) is 24.1 Å². The lowest BCUT2D eigenvalue weighted by atomic mass is 10.1. The van der Waals surface area contributed by atoms with Crippen molar-refractivity contribution in [2.24, 2.45) is 0 Å². The Morgan fingerprint density at radius 3 is 2.02 bits per heavy atom. The van der Waals surface area contributed by atoms with Crippen LogP contribution in [0.1, 0.15) is 46.1 Å². The smallest absolute Gasteiger partial charge is 0.264 e. The van der Waals surface area contributed by atoms with Crippen LogP contribution in [0.4, 0.5) is 5.69 Å². The zero-order valence-corrected chi connectivity index (χ0v) is 25.8. The minimum absolute atomic E-state index is 0.0193. The van der Waals surface area contributed by atoms with E-state index in [1.165, 1.54) is 17.0 Å². The fourth-order valence-electron chi connectivity index (χ4n) is 4.41. The molecule has 3 aromatic rings. The number of methoxy groups -OCH3 is 1. The third-order valence-corrected chi connectivity index (χ3v) is 8.73. The number of para-hydroxylation sites is 1. The number of hydrogen-bond acceptors (Lipinski definition) is 6. The molecular weight excluding hydrogens is 554 g/mol.